The van der Waals surface area contributed by atoms with E-state index >= 15 is 0 Å². The summed E-state index contributed by atoms with van der Waals surface area (Å²) in [7, 11) is 3.52. The first-order valence-corrected chi connectivity index (χ1v) is 8.01. The Morgan fingerprint density at radius 1 is 1.36 bits per heavy atom. The summed E-state index contributed by atoms with van der Waals surface area (Å²) in [6.07, 6.45) is 3.06. The van der Waals surface area contributed by atoms with Crippen molar-refractivity contribution in [3.8, 4) is 5.75 Å². The quantitative estimate of drug-likeness (QED) is 0.740. The summed E-state index contributed by atoms with van der Waals surface area (Å²) >= 11 is 0. The molecule has 1 aliphatic rings. The fourth-order valence-electron chi connectivity index (χ4n) is 2.73. The van der Waals surface area contributed by atoms with E-state index in [4.69, 9.17) is 9.47 Å². The molecule has 1 saturated carbocycles. The largest absolute Gasteiger partial charge is 0.483 e. The number of carbonyl (C=O) groups is 1. The molecule has 0 spiro atoms. The van der Waals surface area contributed by atoms with Gasteiger partial charge in [-0.15, -0.1) is 0 Å². The maximum absolute atomic E-state index is 12.4. The monoisotopic (exact) mass is 305 g/mol. The third kappa shape index (κ3) is 3.61. The minimum absolute atomic E-state index is 0.00787. The molecule has 1 fully saturated rings. The molecule has 1 aromatic carbocycles. The maximum Gasteiger partial charge on any atom is 0.260 e. The van der Waals surface area contributed by atoms with Crippen molar-refractivity contribution < 1.29 is 14.3 Å². The van der Waals surface area contributed by atoms with Crippen molar-refractivity contribution in [1.29, 1.82) is 0 Å². The number of hydrogen-bond acceptors (Lipinski definition) is 3. The zero-order valence-corrected chi connectivity index (χ0v) is 14.1. The second kappa shape index (κ2) is 7.14. The second-order valence-electron chi connectivity index (χ2n) is 6.25. The summed E-state index contributed by atoms with van der Waals surface area (Å²) < 4.78 is 11.0. The summed E-state index contributed by atoms with van der Waals surface area (Å²) in [5.74, 6) is 1.25. The van der Waals surface area contributed by atoms with Crippen LogP contribution >= 0.6 is 0 Å². The molecule has 4 heteroatoms. The summed E-state index contributed by atoms with van der Waals surface area (Å²) in [4.78, 5) is 14.2. The predicted molar refractivity (Wildman–Crippen MR) is 87.3 cm³/mol. The van der Waals surface area contributed by atoms with E-state index in [0.29, 0.717) is 12.5 Å². The molecule has 2 rings (SSSR count). The van der Waals surface area contributed by atoms with Crippen LogP contribution in [0.25, 0.3) is 0 Å². The minimum Gasteiger partial charge on any atom is -0.483 e. The van der Waals surface area contributed by atoms with E-state index in [2.05, 4.69) is 19.9 Å². The van der Waals surface area contributed by atoms with E-state index < -0.39 is 0 Å². The van der Waals surface area contributed by atoms with Crippen LogP contribution in [0, 0.1) is 0 Å². The number of ether oxygens (including phenoxy) is 2. The fourth-order valence-corrected chi connectivity index (χ4v) is 2.73. The molecule has 0 radical (unpaired) electrons. The number of nitrogens with zero attached hydrogens (tertiary/aromatic N) is 1. The number of hydrogen-bond donors (Lipinski definition) is 0. The molecule has 0 aliphatic heterocycles. The molecule has 0 aromatic heterocycles. The number of methoxy groups -OCH3 is 1. The van der Waals surface area contributed by atoms with Gasteiger partial charge in [0, 0.05) is 14.2 Å². The Balaban J connectivity index is 1.97. The van der Waals surface area contributed by atoms with Gasteiger partial charge in [0.25, 0.3) is 5.91 Å². The molecule has 122 valence electrons. The van der Waals surface area contributed by atoms with Gasteiger partial charge in [-0.3, -0.25) is 4.79 Å². The molecule has 0 saturated heterocycles. The van der Waals surface area contributed by atoms with Crippen molar-refractivity contribution in [1.82, 2.24) is 4.90 Å². The van der Waals surface area contributed by atoms with Crippen LogP contribution in [0.1, 0.15) is 44.6 Å². The predicted octanol–water partition coefficient (Wildman–Crippen LogP) is 3.22. The first-order valence-electron chi connectivity index (χ1n) is 8.01. The van der Waals surface area contributed by atoms with E-state index in [1.165, 1.54) is 5.56 Å². The second-order valence-corrected chi connectivity index (χ2v) is 6.25. The molecule has 0 heterocycles. The van der Waals surface area contributed by atoms with Gasteiger partial charge in [-0.1, -0.05) is 32.0 Å². The normalized spacial score (nSPS) is 16.9. The summed E-state index contributed by atoms with van der Waals surface area (Å²) in [5.41, 5.74) is 1.06. The molecule has 1 amide bonds. The average Bonchev–Trinajstić information content (AvgIpc) is 3.32. The van der Waals surface area contributed by atoms with Crippen LogP contribution in [0.5, 0.6) is 5.75 Å². The van der Waals surface area contributed by atoms with Crippen LogP contribution < -0.4 is 4.74 Å². The van der Waals surface area contributed by atoms with Crippen molar-refractivity contribution in [2.45, 2.75) is 44.6 Å². The number of carbonyl (C=O) groups excluding carboxylic acids is 1. The molecule has 1 aromatic rings. The highest BCUT2D eigenvalue weighted by molar-refractivity contribution is 5.78. The Morgan fingerprint density at radius 3 is 2.64 bits per heavy atom. The van der Waals surface area contributed by atoms with Crippen LogP contribution in [0.4, 0.5) is 0 Å². The van der Waals surface area contributed by atoms with Crippen molar-refractivity contribution >= 4 is 5.91 Å². The van der Waals surface area contributed by atoms with E-state index in [1.54, 1.807) is 12.0 Å². The Hall–Kier alpha value is -1.55. The van der Waals surface area contributed by atoms with Crippen molar-refractivity contribution in [2.24, 2.45) is 0 Å². The Labute approximate surface area is 133 Å². The summed E-state index contributed by atoms with van der Waals surface area (Å²) in [5, 5.41) is 0. The highest BCUT2D eigenvalue weighted by Gasteiger charge is 2.48. The van der Waals surface area contributed by atoms with Crippen molar-refractivity contribution in [2.75, 3.05) is 27.4 Å². The third-order valence-corrected chi connectivity index (χ3v) is 4.74. The van der Waals surface area contributed by atoms with E-state index in [1.807, 2.05) is 25.2 Å². The lowest BCUT2D eigenvalue weighted by Gasteiger charge is -2.27. The minimum atomic E-state index is -0.106. The molecule has 22 heavy (non-hydrogen) atoms. The van der Waals surface area contributed by atoms with Crippen LogP contribution in [0.15, 0.2) is 24.3 Å². The number of amides is 1. The van der Waals surface area contributed by atoms with Crippen LogP contribution in [0.2, 0.25) is 0 Å². The van der Waals surface area contributed by atoms with Gasteiger partial charge in [-0.2, -0.15) is 0 Å². The van der Waals surface area contributed by atoms with Gasteiger partial charge in [-0.05, 0) is 36.8 Å². The Kier molecular flexibility index (Phi) is 5.46. The Morgan fingerprint density at radius 2 is 2.05 bits per heavy atom. The topological polar surface area (TPSA) is 38.8 Å². The van der Waals surface area contributed by atoms with Crippen LogP contribution in [0.3, 0.4) is 0 Å². The lowest BCUT2D eigenvalue weighted by atomic mass is 9.98. The number of rotatable bonds is 8. The molecule has 0 bridgehead atoms. The maximum atomic E-state index is 12.4. The van der Waals surface area contributed by atoms with E-state index in [-0.39, 0.29) is 18.1 Å². The zero-order valence-electron chi connectivity index (χ0n) is 14.1. The molecular formula is C18H27NO3. The standard InChI is InChI=1S/C18H27NO3/c1-5-14(2)15-8-6-7-9-16(15)22-12-17(20)19(3)18(10-11-18)13-21-4/h6-9,14H,5,10-13H2,1-4H3. The van der Waals surface area contributed by atoms with Gasteiger partial charge in [0.15, 0.2) is 6.61 Å². The fraction of sp³-hybridized carbons (Fsp3) is 0.611. The highest BCUT2D eigenvalue weighted by Crippen LogP contribution is 2.41. The van der Waals surface area contributed by atoms with Gasteiger partial charge >= 0.3 is 0 Å². The molecule has 0 N–H and O–H groups in total. The average molecular weight is 305 g/mol. The van der Waals surface area contributed by atoms with Crippen LogP contribution in [-0.4, -0.2) is 43.7 Å². The summed E-state index contributed by atoms with van der Waals surface area (Å²) in [6.45, 7) is 5.00. The number of likely N-dealkylation sites (N-methyl/N-ethyl adjacent to an activating group) is 1. The van der Waals surface area contributed by atoms with Crippen molar-refractivity contribution in [3.05, 3.63) is 29.8 Å². The number of benzene rings is 1. The van der Waals surface area contributed by atoms with Gasteiger partial charge in [0.2, 0.25) is 0 Å². The van der Waals surface area contributed by atoms with Gasteiger partial charge < -0.3 is 14.4 Å². The third-order valence-electron chi connectivity index (χ3n) is 4.74. The van der Waals surface area contributed by atoms with E-state index in [9.17, 15) is 4.79 Å². The summed E-state index contributed by atoms with van der Waals surface area (Å²) in [6, 6.07) is 7.98. The van der Waals surface area contributed by atoms with Gasteiger partial charge in [0.05, 0.1) is 12.1 Å². The van der Waals surface area contributed by atoms with Crippen LogP contribution in [-0.2, 0) is 9.53 Å². The molecule has 1 aliphatic carbocycles. The lowest BCUT2D eigenvalue weighted by Crippen LogP contribution is -2.44. The Bertz CT molecular complexity index is 511. The molecule has 1 unspecified atom stereocenters. The van der Waals surface area contributed by atoms with Gasteiger partial charge in [0.1, 0.15) is 5.75 Å². The lowest BCUT2D eigenvalue weighted by molar-refractivity contribution is -0.136. The molecule has 1 atom stereocenters. The zero-order chi connectivity index (χ0) is 16.2. The highest BCUT2D eigenvalue weighted by atomic mass is 16.5. The first-order chi connectivity index (χ1) is 10.5. The SMILES string of the molecule is CCC(C)c1ccccc1OCC(=O)N(C)C1(COC)CC1. The van der Waals surface area contributed by atoms with Gasteiger partial charge in [-0.25, -0.2) is 0 Å². The first kappa shape index (κ1) is 16.8. The number of para-hydroxylation sites is 1. The molecular weight excluding hydrogens is 278 g/mol. The van der Waals surface area contributed by atoms with E-state index in [0.717, 1.165) is 25.0 Å². The molecule has 4 nitrogen and oxygen atoms in total. The van der Waals surface area contributed by atoms with Crippen molar-refractivity contribution in [3.63, 3.8) is 0 Å². The smallest absolute Gasteiger partial charge is 0.260 e.